The van der Waals surface area contributed by atoms with E-state index in [0.29, 0.717) is 17.0 Å². The van der Waals surface area contributed by atoms with E-state index in [2.05, 4.69) is 37.4 Å². The molecule has 3 aromatic rings. The number of carbonyl (C=O) groups excluding carboxylic acids is 1. The van der Waals surface area contributed by atoms with E-state index < -0.39 is 0 Å². The van der Waals surface area contributed by atoms with E-state index in [1.807, 2.05) is 32.9 Å². The number of amides is 1. The molecule has 1 amide bonds. The number of thioether (sulfide) groups is 1. The first-order valence-corrected chi connectivity index (χ1v) is 10.9. The molecule has 1 aromatic carbocycles. The number of nitrogens with one attached hydrogen (secondary N) is 1. The van der Waals surface area contributed by atoms with E-state index in [9.17, 15) is 10.1 Å². The average molecular weight is 410 g/mol. The molecular formula is C22H23N3OS2. The van der Waals surface area contributed by atoms with Crippen LogP contribution in [0.1, 0.15) is 40.5 Å². The number of fused-ring (bicyclic) bond motifs is 1. The van der Waals surface area contributed by atoms with Gasteiger partial charge in [0.2, 0.25) is 5.91 Å². The summed E-state index contributed by atoms with van der Waals surface area (Å²) >= 11 is 2.93. The second-order valence-electron chi connectivity index (χ2n) is 6.85. The van der Waals surface area contributed by atoms with Gasteiger partial charge in [0.25, 0.3) is 0 Å². The van der Waals surface area contributed by atoms with E-state index in [0.717, 1.165) is 37.5 Å². The van der Waals surface area contributed by atoms with Crippen molar-refractivity contribution in [3.8, 4) is 6.07 Å². The molecule has 3 rings (SSSR count). The number of aromatic nitrogens is 1. The highest BCUT2D eigenvalue weighted by Crippen LogP contribution is 2.34. The van der Waals surface area contributed by atoms with Crippen molar-refractivity contribution in [1.82, 2.24) is 4.98 Å². The van der Waals surface area contributed by atoms with E-state index in [1.54, 1.807) is 0 Å². The van der Waals surface area contributed by atoms with Crippen molar-refractivity contribution in [2.75, 3.05) is 5.32 Å². The molecule has 0 saturated heterocycles. The number of carbonyl (C=O) groups is 1. The van der Waals surface area contributed by atoms with Gasteiger partial charge in [-0.25, -0.2) is 4.98 Å². The van der Waals surface area contributed by atoms with Crippen molar-refractivity contribution in [2.45, 2.75) is 51.3 Å². The molecule has 144 valence electrons. The van der Waals surface area contributed by atoms with Gasteiger partial charge in [0, 0.05) is 10.3 Å². The minimum absolute atomic E-state index is 0.0883. The Kier molecular flexibility index (Phi) is 6.07. The van der Waals surface area contributed by atoms with Crippen LogP contribution >= 0.6 is 23.1 Å². The summed E-state index contributed by atoms with van der Waals surface area (Å²) < 4.78 is 0. The Morgan fingerprint density at radius 2 is 2.04 bits per heavy atom. The Balaban J connectivity index is 1.86. The summed E-state index contributed by atoms with van der Waals surface area (Å²) in [5.41, 5.74) is 4.76. The third-order valence-corrected chi connectivity index (χ3v) is 7.29. The van der Waals surface area contributed by atoms with Gasteiger partial charge in [-0.2, -0.15) is 5.26 Å². The normalized spacial score (nSPS) is 12.0. The lowest BCUT2D eigenvalue weighted by Gasteiger charge is -2.15. The van der Waals surface area contributed by atoms with Crippen LogP contribution in [0.4, 0.5) is 5.00 Å². The number of rotatable bonds is 5. The molecule has 0 spiro atoms. The van der Waals surface area contributed by atoms with Crippen molar-refractivity contribution in [2.24, 2.45) is 0 Å². The number of nitrogens with zero attached hydrogens (tertiary/aromatic N) is 2. The standard InChI is InChI=1S/C22H23N3OS2/c1-6-18(21(26)25-22-17(11-23)14(4)15(5)27-22)28-19-10-13(3)16-9-7-8-12(2)20(16)24-19/h7-10,18H,6H2,1-5H3,(H,25,26). The molecule has 0 radical (unpaired) electrons. The van der Waals surface area contributed by atoms with Crippen molar-refractivity contribution in [3.05, 3.63) is 51.4 Å². The van der Waals surface area contributed by atoms with Crippen LogP contribution in [0.25, 0.3) is 10.9 Å². The zero-order valence-electron chi connectivity index (χ0n) is 16.7. The Morgan fingerprint density at radius 1 is 1.29 bits per heavy atom. The van der Waals surface area contributed by atoms with Gasteiger partial charge < -0.3 is 5.32 Å². The SMILES string of the molecule is CCC(Sc1cc(C)c2cccc(C)c2n1)C(=O)Nc1sc(C)c(C)c1C#N. The van der Waals surface area contributed by atoms with Gasteiger partial charge in [-0.05, 0) is 56.9 Å². The highest BCUT2D eigenvalue weighted by molar-refractivity contribution is 8.00. The van der Waals surface area contributed by atoms with Gasteiger partial charge in [-0.1, -0.05) is 36.9 Å². The monoisotopic (exact) mass is 409 g/mol. The maximum atomic E-state index is 12.9. The predicted molar refractivity (Wildman–Crippen MR) is 118 cm³/mol. The fraction of sp³-hybridized carbons (Fsp3) is 0.318. The highest BCUT2D eigenvalue weighted by atomic mass is 32.2. The van der Waals surface area contributed by atoms with Crippen LogP contribution in [-0.2, 0) is 4.79 Å². The van der Waals surface area contributed by atoms with E-state index in [1.165, 1.54) is 23.1 Å². The van der Waals surface area contributed by atoms with Gasteiger partial charge in [0.05, 0.1) is 21.4 Å². The minimum atomic E-state index is -0.275. The maximum absolute atomic E-state index is 12.9. The second kappa shape index (κ2) is 8.34. The molecular weight excluding hydrogens is 386 g/mol. The van der Waals surface area contributed by atoms with Crippen molar-refractivity contribution in [1.29, 1.82) is 5.26 Å². The molecule has 2 aromatic heterocycles. The summed E-state index contributed by atoms with van der Waals surface area (Å²) in [6, 6.07) is 10.4. The molecule has 0 saturated carbocycles. The van der Waals surface area contributed by atoms with Gasteiger partial charge in [0.15, 0.2) is 0 Å². The zero-order valence-corrected chi connectivity index (χ0v) is 18.3. The highest BCUT2D eigenvalue weighted by Gasteiger charge is 2.22. The van der Waals surface area contributed by atoms with Gasteiger partial charge in [-0.15, -0.1) is 11.3 Å². The number of para-hydroxylation sites is 1. The minimum Gasteiger partial charge on any atom is -0.316 e. The first-order valence-electron chi connectivity index (χ1n) is 9.20. The molecule has 1 atom stereocenters. The lowest BCUT2D eigenvalue weighted by atomic mass is 10.1. The Labute approximate surface area is 174 Å². The largest absolute Gasteiger partial charge is 0.316 e. The van der Waals surface area contributed by atoms with Crippen molar-refractivity contribution < 1.29 is 4.79 Å². The summed E-state index contributed by atoms with van der Waals surface area (Å²) in [4.78, 5) is 18.7. The van der Waals surface area contributed by atoms with Crippen molar-refractivity contribution in [3.63, 3.8) is 0 Å². The van der Waals surface area contributed by atoms with Crippen LogP contribution in [0.5, 0.6) is 0 Å². The lowest BCUT2D eigenvalue weighted by Crippen LogP contribution is -2.24. The number of nitriles is 1. The molecule has 0 bridgehead atoms. The number of benzene rings is 1. The molecule has 4 nitrogen and oxygen atoms in total. The van der Waals surface area contributed by atoms with Crippen LogP contribution in [0.3, 0.4) is 0 Å². The summed E-state index contributed by atoms with van der Waals surface area (Å²) in [6.45, 7) is 10.00. The predicted octanol–water partition coefficient (Wildman–Crippen LogP) is 5.91. The van der Waals surface area contributed by atoms with Gasteiger partial charge in [-0.3, -0.25) is 4.79 Å². The third-order valence-electron chi connectivity index (χ3n) is 4.88. The Hall–Kier alpha value is -2.36. The molecule has 0 aliphatic rings. The first-order chi connectivity index (χ1) is 13.3. The molecule has 28 heavy (non-hydrogen) atoms. The first kappa shape index (κ1) is 20.4. The molecule has 0 fully saturated rings. The number of hydrogen-bond donors (Lipinski definition) is 1. The number of thiophene rings is 1. The smallest absolute Gasteiger partial charge is 0.238 e. The topological polar surface area (TPSA) is 65.8 Å². The van der Waals surface area contributed by atoms with Crippen LogP contribution in [0, 0.1) is 39.0 Å². The van der Waals surface area contributed by atoms with Crippen LogP contribution in [0.15, 0.2) is 29.3 Å². The Bertz CT molecular complexity index is 1100. The van der Waals surface area contributed by atoms with Crippen molar-refractivity contribution >= 4 is 44.9 Å². The van der Waals surface area contributed by atoms with Crippen LogP contribution in [0.2, 0.25) is 0 Å². The molecule has 6 heteroatoms. The molecule has 0 aliphatic carbocycles. The van der Waals surface area contributed by atoms with Gasteiger partial charge >= 0.3 is 0 Å². The fourth-order valence-corrected chi connectivity index (χ4v) is 5.13. The Morgan fingerprint density at radius 3 is 2.71 bits per heavy atom. The van der Waals surface area contributed by atoms with E-state index in [-0.39, 0.29) is 11.2 Å². The number of anilines is 1. The molecule has 1 N–H and O–H groups in total. The number of hydrogen-bond acceptors (Lipinski definition) is 5. The molecule has 1 unspecified atom stereocenters. The maximum Gasteiger partial charge on any atom is 0.238 e. The average Bonchev–Trinajstić information content (AvgIpc) is 2.93. The van der Waals surface area contributed by atoms with Crippen LogP contribution < -0.4 is 5.32 Å². The molecule has 2 heterocycles. The lowest BCUT2D eigenvalue weighted by molar-refractivity contribution is -0.115. The summed E-state index contributed by atoms with van der Waals surface area (Å²) in [6.07, 6.45) is 0.675. The van der Waals surface area contributed by atoms with E-state index >= 15 is 0 Å². The quantitative estimate of drug-likeness (QED) is 0.532. The summed E-state index contributed by atoms with van der Waals surface area (Å²) in [5.74, 6) is -0.0883. The summed E-state index contributed by atoms with van der Waals surface area (Å²) in [7, 11) is 0. The van der Waals surface area contributed by atoms with E-state index in [4.69, 9.17) is 4.98 Å². The zero-order chi connectivity index (χ0) is 20.4. The van der Waals surface area contributed by atoms with Crippen LogP contribution in [-0.4, -0.2) is 16.1 Å². The van der Waals surface area contributed by atoms with Gasteiger partial charge in [0.1, 0.15) is 11.1 Å². The number of pyridine rings is 1. The second-order valence-corrected chi connectivity index (χ2v) is 9.30. The molecule has 0 aliphatic heterocycles. The fourth-order valence-electron chi connectivity index (χ4n) is 3.10. The number of aryl methyl sites for hydroxylation is 3. The summed E-state index contributed by atoms with van der Waals surface area (Å²) in [5, 5.41) is 14.7. The third kappa shape index (κ3) is 3.91.